The number of para-hydroxylation sites is 1. The largest absolute Gasteiger partial charge is 0.492 e. The van der Waals surface area contributed by atoms with Crippen molar-refractivity contribution in [2.45, 2.75) is 18.9 Å². The van der Waals surface area contributed by atoms with E-state index in [9.17, 15) is 9.18 Å². The molecule has 0 spiro atoms. The minimum atomic E-state index is -0.252. The molecule has 4 nitrogen and oxygen atoms in total. The normalized spacial score (nSPS) is 19.4. The molecule has 4 rings (SSSR count). The summed E-state index contributed by atoms with van der Waals surface area (Å²) in [5.41, 5.74) is 2.60. The van der Waals surface area contributed by atoms with E-state index in [4.69, 9.17) is 9.47 Å². The van der Waals surface area contributed by atoms with Crippen LogP contribution in [0.25, 0.3) is 0 Å². The Labute approximate surface area is 146 Å². The number of halogens is 1. The van der Waals surface area contributed by atoms with Crippen LogP contribution in [-0.2, 0) is 17.6 Å². The van der Waals surface area contributed by atoms with Gasteiger partial charge in [0, 0.05) is 25.9 Å². The Balaban J connectivity index is 1.48. The Kier molecular flexibility index (Phi) is 4.40. The molecular weight excluding hydrogens is 321 g/mol. The van der Waals surface area contributed by atoms with Crippen molar-refractivity contribution in [2.75, 3.05) is 26.3 Å². The molecule has 0 saturated carbocycles. The first-order valence-corrected chi connectivity index (χ1v) is 8.61. The molecule has 0 unspecified atom stereocenters. The summed E-state index contributed by atoms with van der Waals surface area (Å²) >= 11 is 0. The Morgan fingerprint density at radius 1 is 1.20 bits per heavy atom. The van der Waals surface area contributed by atoms with Crippen LogP contribution in [0.4, 0.5) is 4.39 Å². The van der Waals surface area contributed by atoms with Crippen LogP contribution >= 0.6 is 0 Å². The third-order valence-corrected chi connectivity index (χ3v) is 4.72. The lowest BCUT2D eigenvalue weighted by Crippen LogP contribution is -2.46. The van der Waals surface area contributed by atoms with E-state index in [-0.39, 0.29) is 17.8 Å². The average molecular weight is 341 g/mol. The van der Waals surface area contributed by atoms with E-state index in [0.717, 1.165) is 23.3 Å². The van der Waals surface area contributed by atoms with Crippen molar-refractivity contribution >= 4 is 5.91 Å². The van der Waals surface area contributed by atoms with Gasteiger partial charge in [0.25, 0.3) is 5.91 Å². The Bertz CT molecular complexity index is 792. The molecule has 2 aliphatic heterocycles. The molecule has 0 radical (unpaired) electrons. The van der Waals surface area contributed by atoms with Crippen molar-refractivity contribution in [1.29, 1.82) is 0 Å². The van der Waals surface area contributed by atoms with E-state index in [0.29, 0.717) is 38.3 Å². The molecule has 130 valence electrons. The quantitative estimate of drug-likeness (QED) is 0.862. The fraction of sp³-hybridized carbons (Fsp3) is 0.350. The maximum atomic E-state index is 13.4. The van der Waals surface area contributed by atoms with Gasteiger partial charge in [-0.2, -0.15) is 0 Å². The molecule has 5 heteroatoms. The topological polar surface area (TPSA) is 38.8 Å². The summed E-state index contributed by atoms with van der Waals surface area (Å²) in [6, 6.07) is 12.3. The van der Waals surface area contributed by atoms with Gasteiger partial charge in [-0.15, -0.1) is 0 Å². The zero-order valence-corrected chi connectivity index (χ0v) is 13.9. The molecule has 0 N–H and O–H groups in total. The number of morpholine rings is 1. The Hall–Kier alpha value is -2.40. The van der Waals surface area contributed by atoms with Gasteiger partial charge in [-0.05, 0) is 29.3 Å². The summed E-state index contributed by atoms with van der Waals surface area (Å²) in [6.45, 7) is 2.17. The van der Waals surface area contributed by atoms with Gasteiger partial charge in [-0.1, -0.05) is 24.3 Å². The molecule has 1 saturated heterocycles. The molecule has 0 aliphatic carbocycles. The van der Waals surface area contributed by atoms with E-state index < -0.39 is 0 Å². The van der Waals surface area contributed by atoms with E-state index in [1.165, 1.54) is 12.1 Å². The number of hydrogen-bond acceptors (Lipinski definition) is 3. The predicted octanol–water partition coefficient (Wildman–Crippen LogP) is 2.84. The summed E-state index contributed by atoms with van der Waals surface area (Å²) in [5, 5.41) is 0. The first-order valence-electron chi connectivity index (χ1n) is 8.61. The van der Waals surface area contributed by atoms with Gasteiger partial charge in [-0.3, -0.25) is 4.79 Å². The number of rotatable bonds is 3. The highest BCUT2D eigenvalue weighted by Gasteiger charge is 2.28. The zero-order valence-electron chi connectivity index (χ0n) is 13.9. The third kappa shape index (κ3) is 3.37. The Morgan fingerprint density at radius 2 is 2.08 bits per heavy atom. The van der Waals surface area contributed by atoms with Gasteiger partial charge >= 0.3 is 0 Å². The smallest absolute Gasteiger partial charge is 0.257 e. The SMILES string of the molecule is O=C(c1cccc2c1OCC2)N1CCO[C@H](Cc2cccc(F)c2)C1. The Morgan fingerprint density at radius 3 is 2.96 bits per heavy atom. The first kappa shape index (κ1) is 16.1. The molecule has 2 aromatic rings. The van der Waals surface area contributed by atoms with Crippen molar-refractivity contribution in [3.05, 3.63) is 65.0 Å². The van der Waals surface area contributed by atoms with E-state index in [1.54, 1.807) is 6.07 Å². The fourth-order valence-corrected chi connectivity index (χ4v) is 3.51. The monoisotopic (exact) mass is 341 g/mol. The fourth-order valence-electron chi connectivity index (χ4n) is 3.51. The minimum Gasteiger partial charge on any atom is -0.492 e. The second-order valence-corrected chi connectivity index (χ2v) is 6.47. The van der Waals surface area contributed by atoms with Gasteiger partial charge in [-0.25, -0.2) is 4.39 Å². The van der Waals surface area contributed by atoms with Crippen LogP contribution in [0.1, 0.15) is 21.5 Å². The average Bonchev–Trinajstić information content (AvgIpc) is 3.10. The molecule has 2 heterocycles. The van der Waals surface area contributed by atoms with Crippen LogP contribution in [0.2, 0.25) is 0 Å². The number of amides is 1. The highest BCUT2D eigenvalue weighted by molar-refractivity contribution is 5.97. The van der Waals surface area contributed by atoms with Crippen molar-refractivity contribution in [3.63, 3.8) is 0 Å². The molecule has 1 amide bonds. The summed E-state index contributed by atoms with van der Waals surface area (Å²) < 4.78 is 24.8. The lowest BCUT2D eigenvalue weighted by atomic mass is 10.0. The summed E-state index contributed by atoms with van der Waals surface area (Å²) in [7, 11) is 0. The van der Waals surface area contributed by atoms with E-state index in [1.807, 2.05) is 29.2 Å². The van der Waals surface area contributed by atoms with Crippen LogP contribution in [0, 0.1) is 5.82 Å². The molecule has 2 aromatic carbocycles. The van der Waals surface area contributed by atoms with Crippen molar-refractivity contribution in [3.8, 4) is 5.75 Å². The highest BCUT2D eigenvalue weighted by Crippen LogP contribution is 2.30. The summed E-state index contributed by atoms with van der Waals surface area (Å²) in [5.74, 6) is 0.449. The van der Waals surface area contributed by atoms with Crippen molar-refractivity contribution in [2.24, 2.45) is 0 Å². The van der Waals surface area contributed by atoms with Crippen LogP contribution in [0.3, 0.4) is 0 Å². The number of fused-ring (bicyclic) bond motifs is 1. The number of carbonyl (C=O) groups is 1. The van der Waals surface area contributed by atoms with Gasteiger partial charge in [0.1, 0.15) is 11.6 Å². The lowest BCUT2D eigenvalue weighted by Gasteiger charge is -2.33. The number of carbonyl (C=O) groups excluding carboxylic acids is 1. The molecule has 0 aromatic heterocycles. The van der Waals surface area contributed by atoms with Crippen LogP contribution < -0.4 is 4.74 Å². The van der Waals surface area contributed by atoms with Crippen LogP contribution in [0.15, 0.2) is 42.5 Å². The van der Waals surface area contributed by atoms with Gasteiger partial charge < -0.3 is 14.4 Å². The highest BCUT2D eigenvalue weighted by atomic mass is 19.1. The molecular formula is C20H20FNO3. The van der Waals surface area contributed by atoms with Gasteiger partial charge in [0.05, 0.1) is 24.9 Å². The number of nitrogens with zero attached hydrogens (tertiary/aromatic N) is 1. The number of ether oxygens (including phenoxy) is 2. The molecule has 2 aliphatic rings. The molecule has 0 bridgehead atoms. The number of benzene rings is 2. The standard InChI is InChI=1S/C20H20FNO3/c21-16-5-1-3-14(11-16)12-17-13-22(8-10-24-17)20(23)18-6-2-4-15-7-9-25-19(15)18/h1-6,11,17H,7-10,12-13H2/t17-/m1/s1. The lowest BCUT2D eigenvalue weighted by molar-refractivity contribution is -0.0209. The van der Waals surface area contributed by atoms with Crippen molar-refractivity contribution < 1.29 is 18.7 Å². The predicted molar refractivity (Wildman–Crippen MR) is 91.4 cm³/mol. The van der Waals surface area contributed by atoms with Gasteiger partial charge in [0.15, 0.2) is 0 Å². The second kappa shape index (κ2) is 6.84. The van der Waals surface area contributed by atoms with Crippen molar-refractivity contribution in [1.82, 2.24) is 4.90 Å². The van der Waals surface area contributed by atoms with E-state index in [2.05, 4.69) is 0 Å². The number of hydrogen-bond donors (Lipinski definition) is 0. The molecule has 1 atom stereocenters. The molecule has 25 heavy (non-hydrogen) atoms. The molecule has 1 fully saturated rings. The summed E-state index contributed by atoms with van der Waals surface area (Å²) in [6.07, 6.45) is 1.31. The maximum Gasteiger partial charge on any atom is 0.257 e. The van der Waals surface area contributed by atoms with Crippen LogP contribution in [0.5, 0.6) is 5.75 Å². The van der Waals surface area contributed by atoms with Crippen LogP contribution in [-0.4, -0.2) is 43.2 Å². The van der Waals surface area contributed by atoms with E-state index >= 15 is 0 Å². The first-order chi connectivity index (χ1) is 12.2. The second-order valence-electron chi connectivity index (χ2n) is 6.47. The third-order valence-electron chi connectivity index (χ3n) is 4.72. The zero-order chi connectivity index (χ0) is 17.2. The maximum absolute atomic E-state index is 13.4. The summed E-state index contributed by atoms with van der Waals surface area (Å²) in [4.78, 5) is 14.8. The minimum absolute atomic E-state index is 0.0220. The van der Waals surface area contributed by atoms with Gasteiger partial charge in [0.2, 0.25) is 0 Å².